The Morgan fingerprint density at radius 2 is 1.58 bits per heavy atom. The average Bonchev–Trinajstić information content (AvgIpc) is 3.36. The molecule has 0 saturated carbocycles. The summed E-state index contributed by atoms with van der Waals surface area (Å²) >= 11 is 0. The van der Waals surface area contributed by atoms with Gasteiger partial charge in [-0.15, -0.1) is 5.10 Å². The zero-order chi connectivity index (χ0) is 24.3. The van der Waals surface area contributed by atoms with Crippen molar-refractivity contribution in [3.05, 3.63) is 95.6 Å². The smallest absolute Gasteiger partial charge is 0.317 e. The highest BCUT2D eigenvalue weighted by molar-refractivity contribution is 6.16. The molecule has 0 radical (unpaired) electrons. The number of hydrogen-bond donors (Lipinski definition) is 1. The lowest BCUT2D eigenvalue weighted by molar-refractivity contribution is -0.119. The van der Waals surface area contributed by atoms with Crippen LogP contribution >= 0.6 is 0 Å². The Morgan fingerprint density at radius 3 is 2.39 bits per heavy atom. The minimum absolute atomic E-state index is 0.0667. The van der Waals surface area contributed by atoms with Crippen LogP contribution in [0.4, 0.5) is 11.7 Å². The number of carbonyl (C=O) groups excluding carboxylic acids is 1. The summed E-state index contributed by atoms with van der Waals surface area (Å²) in [5, 5.41) is 11.4. The van der Waals surface area contributed by atoms with E-state index in [1.165, 1.54) is 0 Å². The van der Waals surface area contributed by atoms with E-state index in [0.717, 1.165) is 60.0 Å². The van der Waals surface area contributed by atoms with Gasteiger partial charge in [-0.2, -0.15) is 0 Å². The normalized spacial score (nSPS) is 17.8. The first-order valence-electron chi connectivity index (χ1n) is 12.0. The number of nitrogens with one attached hydrogen (secondary N) is 1. The molecular formula is C28H25N5O3. The summed E-state index contributed by atoms with van der Waals surface area (Å²) in [4.78, 5) is 20.3. The zero-order valence-electron chi connectivity index (χ0n) is 19.6. The summed E-state index contributed by atoms with van der Waals surface area (Å²) in [5.74, 6) is 0.311. The number of fused-ring (bicyclic) bond motifs is 1. The lowest BCUT2D eigenvalue weighted by Crippen LogP contribution is -2.36. The van der Waals surface area contributed by atoms with Crippen molar-refractivity contribution in [2.45, 2.75) is 12.6 Å². The molecule has 0 amide bonds. The van der Waals surface area contributed by atoms with Gasteiger partial charge in [-0.3, -0.25) is 9.79 Å². The maximum Gasteiger partial charge on any atom is 0.317 e. The second-order valence-corrected chi connectivity index (χ2v) is 8.75. The van der Waals surface area contributed by atoms with E-state index < -0.39 is 6.17 Å². The van der Waals surface area contributed by atoms with Gasteiger partial charge in [-0.05, 0) is 29.8 Å². The van der Waals surface area contributed by atoms with Gasteiger partial charge in [0.05, 0.1) is 18.9 Å². The van der Waals surface area contributed by atoms with Gasteiger partial charge >= 0.3 is 6.01 Å². The van der Waals surface area contributed by atoms with Crippen molar-refractivity contribution >= 4 is 23.2 Å². The van der Waals surface area contributed by atoms with E-state index in [1.54, 1.807) is 0 Å². The third-order valence-corrected chi connectivity index (χ3v) is 6.42. The molecule has 2 aliphatic heterocycles. The topological polar surface area (TPSA) is 92.9 Å². The summed E-state index contributed by atoms with van der Waals surface area (Å²) < 4.78 is 11.3. The third-order valence-electron chi connectivity index (χ3n) is 6.42. The highest BCUT2D eigenvalue weighted by atomic mass is 16.5. The predicted octanol–water partition coefficient (Wildman–Crippen LogP) is 3.97. The first-order chi connectivity index (χ1) is 17.7. The molecule has 3 aromatic carbocycles. The molecule has 3 heterocycles. The molecule has 2 aliphatic rings. The van der Waals surface area contributed by atoms with Crippen molar-refractivity contribution in [3.63, 3.8) is 0 Å². The number of Topliss-reactive ketones (excluding diaryl/α,β-unsaturated/α-hetero) is 1. The van der Waals surface area contributed by atoms with Gasteiger partial charge in [0, 0.05) is 41.9 Å². The fraction of sp³-hybridized carbons (Fsp3) is 0.214. The third kappa shape index (κ3) is 4.50. The van der Waals surface area contributed by atoms with Gasteiger partial charge in [0.15, 0.2) is 11.9 Å². The lowest BCUT2D eigenvalue weighted by atomic mass is 9.96. The molecule has 180 valence electrons. The van der Waals surface area contributed by atoms with Gasteiger partial charge in [-0.1, -0.05) is 59.7 Å². The molecule has 8 nitrogen and oxygen atoms in total. The molecule has 0 aliphatic carbocycles. The first kappa shape index (κ1) is 22.2. The quantitative estimate of drug-likeness (QED) is 0.463. The second-order valence-electron chi connectivity index (χ2n) is 8.75. The predicted molar refractivity (Wildman–Crippen MR) is 137 cm³/mol. The van der Waals surface area contributed by atoms with E-state index in [9.17, 15) is 4.79 Å². The summed E-state index contributed by atoms with van der Waals surface area (Å²) in [6.45, 7) is 3.22. The molecule has 0 spiro atoms. The number of ether oxygens (including phenoxy) is 1. The maximum absolute atomic E-state index is 13.1. The molecular weight excluding hydrogens is 454 g/mol. The van der Waals surface area contributed by atoms with Crippen LogP contribution in [0.25, 0.3) is 11.5 Å². The molecule has 0 bridgehead atoms. The Bertz CT molecular complexity index is 1390. The molecule has 1 aromatic heterocycles. The van der Waals surface area contributed by atoms with E-state index in [-0.39, 0.29) is 18.2 Å². The van der Waals surface area contributed by atoms with Crippen LogP contribution in [0.2, 0.25) is 0 Å². The van der Waals surface area contributed by atoms with Gasteiger partial charge in [0.25, 0.3) is 0 Å². The summed E-state index contributed by atoms with van der Waals surface area (Å²) in [7, 11) is 0. The van der Waals surface area contributed by atoms with Crippen molar-refractivity contribution in [3.8, 4) is 11.5 Å². The number of hydrogen-bond acceptors (Lipinski definition) is 8. The lowest BCUT2D eigenvalue weighted by Gasteiger charge is -2.28. The van der Waals surface area contributed by atoms with Crippen LogP contribution in [0.3, 0.4) is 0 Å². The number of nitrogens with zero attached hydrogens (tertiary/aromatic N) is 4. The Morgan fingerprint density at radius 1 is 0.833 bits per heavy atom. The van der Waals surface area contributed by atoms with Crippen molar-refractivity contribution in [1.29, 1.82) is 0 Å². The monoisotopic (exact) mass is 479 g/mol. The molecule has 4 aromatic rings. The first-order valence-corrected chi connectivity index (χ1v) is 12.0. The van der Waals surface area contributed by atoms with Crippen LogP contribution in [0.15, 0.2) is 88.3 Å². The SMILES string of the molecule is O=C1Cc2ccccc2C(c2ccccc2)=N[C@H]1Nc1nnc(-c2ccc(N3CCOCC3)cc2)o1. The van der Waals surface area contributed by atoms with Crippen LogP contribution in [0.5, 0.6) is 0 Å². The van der Waals surface area contributed by atoms with Crippen molar-refractivity contribution in [2.24, 2.45) is 4.99 Å². The molecule has 8 heteroatoms. The Kier molecular flexibility index (Phi) is 6.01. The number of carbonyl (C=O) groups is 1. The number of rotatable bonds is 5. The largest absolute Gasteiger partial charge is 0.403 e. The van der Waals surface area contributed by atoms with Crippen LogP contribution in [-0.2, 0) is 16.0 Å². The second kappa shape index (κ2) is 9.75. The van der Waals surface area contributed by atoms with Gasteiger partial charge in [0.1, 0.15) is 0 Å². The molecule has 36 heavy (non-hydrogen) atoms. The van der Waals surface area contributed by atoms with Gasteiger partial charge in [0.2, 0.25) is 5.89 Å². The van der Waals surface area contributed by atoms with E-state index in [2.05, 4.69) is 20.4 Å². The number of anilines is 2. The number of benzene rings is 3. The minimum Gasteiger partial charge on any atom is -0.403 e. The van der Waals surface area contributed by atoms with Gasteiger partial charge < -0.3 is 19.4 Å². The standard InChI is InChI=1S/C28H25N5O3/c34-24-18-21-8-4-5-9-23(21)25(19-6-2-1-3-7-19)29-26(24)30-28-32-31-27(36-28)20-10-12-22(13-11-20)33-14-16-35-17-15-33/h1-13,26H,14-18H2,(H,30,32)/t26-/m0/s1. The van der Waals surface area contributed by atoms with E-state index in [0.29, 0.717) is 5.89 Å². The fourth-order valence-corrected chi connectivity index (χ4v) is 4.55. The fourth-order valence-electron chi connectivity index (χ4n) is 4.55. The zero-order valence-corrected chi connectivity index (χ0v) is 19.6. The van der Waals surface area contributed by atoms with E-state index in [4.69, 9.17) is 14.1 Å². The Labute approximate surface area is 208 Å². The van der Waals surface area contributed by atoms with E-state index in [1.807, 2.05) is 78.9 Å². The van der Waals surface area contributed by atoms with Crippen LogP contribution in [-0.4, -0.2) is 54.2 Å². The van der Waals surface area contributed by atoms with Crippen molar-refractivity contribution < 1.29 is 13.9 Å². The highest BCUT2D eigenvalue weighted by Crippen LogP contribution is 2.26. The van der Waals surface area contributed by atoms with Gasteiger partial charge in [-0.25, -0.2) is 0 Å². The summed E-state index contributed by atoms with van der Waals surface area (Å²) in [6.07, 6.45) is -0.581. The summed E-state index contributed by atoms with van der Waals surface area (Å²) in [6, 6.07) is 25.9. The maximum atomic E-state index is 13.1. The van der Waals surface area contributed by atoms with E-state index >= 15 is 0 Å². The molecule has 6 rings (SSSR count). The van der Waals surface area contributed by atoms with Crippen molar-refractivity contribution in [2.75, 3.05) is 36.5 Å². The van der Waals surface area contributed by atoms with Crippen LogP contribution < -0.4 is 10.2 Å². The number of ketones is 1. The molecule has 1 fully saturated rings. The minimum atomic E-state index is -0.843. The molecule has 0 unspecified atom stereocenters. The number of aliphatic imine (C=N–C) groups is 1. The molecule has 1 saturated heterocycles. The Hall–Kier alpha value is -4.30. The molecule has 1 N–H and O–H groups in total. The highest BCUT2D eigenvalue weighted by Gasteiger charge is 2.27. The molecule has 1 atom stereocenters. The number of morpholine rings is 1. The average molecular weight is 480 g/mol. The van der Waals surface area contributed by atoms with Crippen molar-refractivity contribution in [1.82, 2.24) is 10.2 Å². The van der Waals surface area contributed by atoms with Crippen LogP contribution in [0, 0.1) is 0 Å². The Balaban J connectivity index is 1.25. The van der Waals surface area contributed by atoms with Crippen LogP contribution in [0.1, 0.15) is 16.7 Å². The summed E-state index contributed by atoms with van der Waals surface area (Å²) in [5.41, 5.74) is 5.53. The number of aromatic nitrogens is 2.